The molecule has 7 heteroatoms. The molecule has 0 amide bonds. The topological polar surface area (TPSA) is 61.6 Å². The fourth-order valence-electron chi connectivity index (χ4n) is 2.06. The Kier molecular flexibility index (Phi) is 5.28. The number of halogens is 2. The fraction of sp³-hybridized carbons (Fsp3) is 0.538. The highest BCUT2D eigenvalue weighted by Gasteiger charge is 2.26. The van der Waals surface area contributed by atoms with E-state index in [0.717, 1.165) is 37.8 Å². The first-order valence-electron chi connectivity index (χ1n) is 6.46. The van der Waals surface area contributed by atoms with Gasteiger partial charge in [-0.25, -0.2) is 4.39 Å². The molecule has 0 radical (unpaired) electrons. The van der Waals surface area contributed by atoms with Crippen LogP contribution in [0.15, 0.2) is 12.1 Å². The lowest BCUT2D eigenvalue weighted by atomic mass is 10.1. The monoisotopic (exact) mass is 303 g/mol. The van der Waals surface area contributed by atoms with Gasteiger partial charge in [0.2, 0.25) is 0 Å². The molecule has 0 aliphatic carbocycles. The van der Waals surface area contributed by atoms with Crippen LogP contribution in [0.2, 0.25) is 5.02 Å². The molecule has 1 heterocycles. The van der Waals surface area contributed by atoms with Gasteiger partial charge in [0.15, 0.2) is 6.29 Å². The van der Waals surface area contributed by atoms with Gasteiger partial charge in [0.1, 0.15) is 5.82 Å². The largest absolute Gasteiger partial charge is 0.348 e. The first-order chi connectivity index (χ1) is 9.59. The van der Waals surface area contributed by atoms with Crippen molar-refractivity contribution in [2.24, 2.45) is 0 Å². The minimum absolute atomic E-state index is 0.0683. The van der Waals surface area contributed by atoms with Gasteiger partial charge < -0.3 is 9.47 Å². The van der Waals surface area contributed by atoms with Gasteiger partial charge >= 0.3 is 0 Å². The third-order valence-corrected chi connectivity index (χ3v) is 3.39. The molecule has 1 aromatic carbocycles. The van der Waals surface area contributed by atoms with E-state index in [9.17, 15) is 14.5 Å². The Morgan fingerprint density at radius 2 is 1.80 bits per heavy atom. The zero-order valence-corrected chi connectivity index (χ0v) is 11.6. The van der Waals surface area contributed by atoms with Gasteiger partial charge in [0, 0.05) is 6.07 Å². The smallest absolute Gasteiger partial charge is 0.279 e. The normalized spacial score (nSPS) is 18.1. The van der Waals surface area contributed by atoms with Crippen molar-refractivity contribution in [3.8, 4) is 0 Å². The van der Waals surface area contributed by atoms with Gasteiger partial charge in [0.05, 0.1) is 28.7 Å². The van der Waals surface area contributed by atoms with Gasteiger partial charge in [-0.15, -0.1) is 0 Å². The van der Waals surface area contributed by atoms with Gasteiger partial charge in [0.25, 0.3) is 5.69 Å². The van der Waals surface area contributed by atoms with Gasteiger partial charge in [-0.3, -0.25) is 10.1 Å². The van der Waals surface area contributed by atoms with E-state index in [-0.39, 0.29) is 16.3 Å². The molecular weight excluding hydrogens is 289 g/mol. The summed E-state index contributed by atoms with van der Waals surface area (Å²) in [5.41, 5.74) is -0.223. The number of nitrogens with zero attached hydrogens (tertiary/aromatic N) is 1. The molecule has 0 aromatic heterocycles. The van der Waals surface area contributed by atoms with Crippen LogP contribution in [0.3, 0.4) is 0 Å². The molecule has 1 aliphatic heterocycles. The van der Waals surface area contributed by atoms with Gasteiger partial charge in [-0.2, -0.15) is 0 Å². The maximum atomic E-state index is 13.6. The van der Waals surface area contributed by atoms with E-state index in [1.54, 1.807) is 0 Å². The average Bonchev–Trinajstić information content (AvgIpc) is 2.54. The summed E-state index contributed by atoms with van der Waals surface area (Å²) in [6.45, 7) is 0.845. The SMILES string of the molecule is O=[N+]([O-])c1cc(Cl)c(F)cc1C1OCCCCCCO1. The van der Waals surface area contributed by atoms with Crippen LogP contribution < -0.4 is 0 Å². The standard InChI is InChI=1S/C13H15ClFNO4/c14-10-8-12(16(17)18)9(7-11(10)15)13-19-5-3-1-2-4-6-20-13/h7-8,13H,1-6H2. The number of benzene rings is 1. The molecule has 2 rings (SSSR count). The van der Waals surface area contributed by atoms with Crippen molar-refractivity contribution in [2.45, 2.75) is 32.0 Å². The molecule has 0 N–H and O–H groups in total. The lowest BCUT2D eigenvalue weighted by molar-refractivity contribution is -0.387. The van der Waals surface area contributed by atoms with E-state index >= 15 is 0 Å². The molecule has 1 saturated heterocycles. The Morgan fingerprint density at radius 1 is 1.20 bits per heavy atom. The average molecular weight is 304 g/mol. The summed E-state index contributed by atoms with van der Waals surface area (Å²) in [6.07, 6.45) is 2.81. The molecule has 0 spiro atoms. The third-order valence-electron chi connectivity index (χ3n) is 3.10. The van der Waals surface area contributed by atoms with Crippen molar-refractivity contribution >= 4 is 17.3 Å². The molecule has 1 aliphatic rings. The van der Waals surface area contributed by atoms with Crippen LogP contribution in [0.5, 0.6) is 0 Å². The number of rotatable bonds is 2. The number of nitro groups is 1. The number of ether oxygens (including phenoxy) is 2. The third kappa shape index (κ3) is 3.65. The van der Waals surface area contributed by atoms with Crippen molar-refractivity contribution in [3.63, 3.8) is 0 Å². The van der Waals surface area contributed by atoms with E-state index < -0.39 is 17.0 Å². The maximum Gasteiger partial charge on any atom is 0.279 e. The number of nitro benzene ring substituents is 1. The zero-order chi connectivity index (χ0) is 14.5. The van der Waals surface area contributed by atoms with Gasteiger partial charge in [-0.1, -0.05) is 24.4 Å². The van der Waals surface area contributed by atoms with E-state index in [0.29, 0.717) is 13.2 Å². The zero-order valence-electron chi connectivity index (χ0n) is 10.8. The molecule has 20 heavy (non-hydrogen) atoms. The van der Waals surface area contributed by atoms with E-state index in [4.69, 9.17) is 21.1 Å². The molecule has 110 valence electrons. The Bertz CT molecular complexity index is 488. The highest BCUT2D eigenvalue weighted by molar-refractivity contribution is 6.31. The summed E-state index contributed by atoms with van der Waals surface area (Å²) in [6, 6.07) is 2.01. The highest BCUT2D eigenvalue weighted by atomic mass is 35.5. The highest BCUT2D eigenvalue weighted by Crippen LogP contribution is 2.33. The van der Waals surface area contributed by atoms with Crippen LogP contribution in [-0.4, -0.2) is 18.1 Å². The van der Waals surface area contributed by atoms with Crippen LogP contribution in [0, 0.1) is 15.9 Å². The van der Waals surface area contributed by atoms with Crippen molar-refractivity contribution in [3.05, 3.63) is 38.7 Å². The van der Waals surface area contributed by atoms with Crippen molar-refractivity contribution in [1.82, 2.24) is 0 Å². The second-order valence-corrected chi connectivity index (χ2v) is 4.98. The van der Waals surface area contributed by atoms with Crippen LogP contribution in [0.25, 0.3) is 0 Å². The van der Waals surface area contributed by atoms with Crippen molar-refractivity contribution in [1.29, 1.82) is 0 Å². The molecule has 5 nitrogen and oxygen atoms in total. The molecular formula is C13H15ClFNO4. The Balaban J connectivity index is 2.32. The van der Waals surface area contributed by atoms with Gasteiger partial charge in [-0.05, 0) is 18.9 Å². The molecule has 1 fully saturated rings. The second-order valence-electron chi connectivity index (χ2n) is 4.57. The van der Waals surface area contributed by atoms with Crippen LogP contribution >= 0.6 is 11.6 Å². The summed E-state index contributed by atoms with van der Waals surface area (Å²) in [4.78, 5) is 10.5. The van der Waals surface area contributed by atoms with Crippen LogP contribution in [0.4, 0.5) is 10.1 Å². The first-order valence-corrected chi connectivity index (χ1v) is 6.84. The summed E-state index contributed by atoms with van der Waals surface area (Å²) in [7, 11) is 0. The molecule has 0 unspecified atom stereocenters. The lowest BCUT2D eigenvalue weighted by Crippen LogP contribution is -2.12. The van der Waals surface area contributed by atoms with E-state index in [2.05, 4.69) is 0 Å². The predicted octanol–water partition coefficient (Wildman–Crippen LogP) is 3.99. The van der Waals surface area contributed by atoms with E-state index in [1.807, 2.05) is 0 Å². The quantitative estimate of drug-likeness (QED) is 0.612. The lowest BCUT2D eigenvalue weighted by Gasteiger charge is -2.18. The predicted molar refractivity (Wildman–Crippen MR) is 71.2 cm³/mol. The molecule has 0 saturated carbocycles. The molecule has 1 aromatic rings. The summed E-state index contributed by atoms with van der Waals surface area (Å²) in [5.74, 6) is -0.723. The number of hydrogen-bond acceptors (Lipinski definition) is 4. The maximum absolute atomic E-state index is 13.6. The Labute approximate surface area is 120 Å². The second kappa shape index (κ2) is 6.97. The summed E-state index contributed by atoms with van der Waals surface area (Å²) < 4.78 is 24.6. The van der Waals surface area contributed by atoms with Crippen molar-refractivity contribution < 1.29 is 18.8 Å². The molecule has 0 atom stereocenters. The van der Waals surface area contributed by atoms with E-state index in [1.165, 1.54) is 0 Å². The Morgan fingerprint density at radius 3 is 2.35 bits per heavy atom. The molecule has 0 bridgehead atoms. The minimum Gasteiger partial charge on any atom is -0.348 e. The van der Waals surface area contributed by atoms with Crippen molar-refractivity contribution in [2.75, 3.05) is 13.2 Å². The number of hydrogen-bond donors (Lipinski definition) is 0. The minimum atomic E-state index is -0.930. The fourth-order valence-corrected chi connectivity index (χ4v) is 2.22. The van der Waals surface area contributed by atoms with Crippen LogP contribution in [0.1, 0.15) is 37.5 Å². The first kappa shape index (κ1) is 15.2. The summed E-state index contributed by atoms with van der Waals surface area (Å²) in [5, 5.41) is 10.8. The summed E-state index contributed by atoms with van der Waals surface area (Å²) >= 11 is 5.59. The Hall–Kier alpha value is -1.24. The van der Waals surface area contributed by atoms with Crippen LogP contribution in [-0.2, 0) is 9.47 Å².